The van der Waals surface area contributed by atoms with Crippen LogP contribution in [0.3, 0.4) is 0 Å². The minimum Gasteiger partial charge on any atom is -0.361 e. The van der Waals surface area contributed by atoms with E-state index in [-0.39, 0.29) is 17.9 Å². The molecule has 6 heteroatoms. The van der Waals surface area contributed by atoms with Gasteiger partial charge in [0.15, 0.2) is 0 Å². The molecule has 0 spiro atoms. The summed E-state index contributed by atoms with van der Waals surface area (Å²) in [6.45, 7) is 2.95. The normalized spacial score (nSPS) is 16.2. The molecule has 1 atom stereocenters. The Balaban J connectivity index is 1.17. The number of nitrogens with zero attached hydrogens (tertiary/aromatic N) is 1. The molecule has 33 heavy (non-hydrogen) atoms. The number of H-pyrrole nitrogens is 1. The summed E-state index contributed by atoms with van der Waals surface area (Å²) in [5.74, 6) is 0.209. The van der Waals surface area contributed by atoms with Gasteiger partial charge in [-0.25, -0.2) is 0 Å². The van der Waals surface area contributed by atoms with Gasteiger partial charge in [0, 0.05) is 34.6 Å². The lowest BCUT2D eigenvalue weighted by molar-refractivity contribution is -0.127. The number of benzene rings is 2. The summed E-state index contributed by atoms with van der Waals surface area (Å²) in [4.78, 5) is 19.0. The Kier molecular flexibility index (Phi) is 6.81. The molecule has 170 valence electrons. The summed E-state index contributed by atoms with van der Waals surface area (Å²) in [6.07, 6.45) is 4.96. The van der Waals surface area contributed by atoms with E-state index in [4.69, 9.17) is 11.6 Å². The lowest BCUT2D eigenvalue weighted by Gasteiger charge is -2.32. The minimum absolute atomic E-state index is 0.0581. The van der Waals surface area contributed by atoms with Gasteiger partial charge in [-0.15, -0.1) is 0 Å². The predicted molar refractivity (Wildman–Crippen MR) is 137 cm³/mol. The summed E-state index contributed by atoms with van der Waals surface area (Å²) in [5, 5.41) is 9.49. The van der Waals surface area contributed by atoms with Crippen LogP contribution in [0.25, 0.3) is 10.9 Å². The number of carbonyl (C=O) groups excluding carboxylic acids is 1. The number of para-hydroxylation sites is 1. The number of amides is 1. The number of likely N-dealkylation sites (tertiary alicyclic amines) is 1. The first-order chi connectivity index (χ1) is 16.2. The van der Waals surface area contributed by atoms with Crippen molar-refractivity contribution in [2.24, 2.45) is 5.92 Å². The SMILES string of the molecule is O=C(NC(c1ccc(Cl)cc1)c1ccsc1)C1CCN(CCc2c[nH]c3ccccc23)CC1. The molecule has 0 saturated carbocycles. The highest BCUT2D eigenvalue weighted by molar-refractivity contribution is 7.08. The first-order valence-electron chi connectivity index (χ1n) is 11.5. The van der Waals surface area contributed by atoms with Gasteiger partial charge >= 0.3 is 0 Å². The molecule has 0 bridgehead atoms. The summed E-state index contributed by atoms with van der Waals surface area (Å²) >= 11 is 7.72. The monoisotopic (exact) mass is 477 g/mol. The van der Waals surface area contributed by atoms with Crippen LogP contribution in [0.15, 0.2) is 71.6 Å². The van der Waals surface area contributed by atoms with Crippen LogP contribution in [-0.2, 0) is 11.2 Å². The molecule has 2 N–H and O–H groups in total. The van der Waals surface area contributed by atoms with Crippen molar-refractivity contribution < 1.29 is 4.79 Å². The van der Waals surface area contributed by atoms with E-state index in [1.807, 2.05) is 24.3 Å². The van der Waals surface area contributed by atoms with Crippen molar-refractivity contribution in [2.75, 3.05) is 19.6 Å². The number of carbonyl (C=O) groups is 1. The standard InChI is InChI=1S/C27H28ClN3OS/c28-23-7-5-19(6-8-23)26(22-12-16-33-18-22)30-27(32)20-9-13-31(14-10-20)15-11-21-17-29-25-4-2-1-3-24(21)25/h1-8,12,16-18,20,26,29H,9-11,13-15H2,(H,30,32). The second kappa shape index (κ2) is 10.1. The number of rotatable bonds is 7. The number of fused-ring (bicyclic) bond motifs is 1. The number of aromatic amines is 1. The van der Waals surface area contributed by atoms with E-state index in [9.17, 15) is 4.79 Å². The van der Waals surface area contributed by atoms with Crippen molar-refractivity contribution in [3.8, 4) is 0 Å². The van der Waals surface area contributed by atoms with Crippen LogP contribution in [0.2, 0.25) is 5.02 Å². The van der Waals surface area contributed by atoms with Gasteiger partial charge in [-0.2, -0.15) is 11.3 Å². The highest BCUT2D eigenvalue weighted by Gasteiger charge is 2.27. The number of hydrogen-bond acceptors (Lipinski definition) is 3. The Morgan fingerprint density at radius 1 is 1.09 bits per heavy atom. The van der Waals surface area contributed by atoms with Crippen molar-refractivity contribution in [2.45, 2.75) is 25.3 Å². The average Bonchev–Trinajstić information content (AvgIpc) is 3.52. The van der Waals surface area contributed by atoms with Gasteiger partial charge in [0.2, 0.25) is 5.91 Å². The first-order valence-corrected chi connectivity index (χ1v) is 12.8. The third-order valence-corrected chi connectivity index (χ3v) is 7.65. The van der Waals surface area contributed by atoms with E-state index in [2.05, 4.69) is 62.5 Å². The second-order valence-corrected chi connectivity index (χ2v) is 9.99. The molecular formula is C27H28ClN3OS. The number of aromatic nitrogens is 1. The zero-order valence-corrected chi connectivity index (χ0v) is 20.0. The van der Waals surface area contributed by atoms with Crippen molar-refractivity contribution in [3.05, 3.63) is 93.3 Å². The van der Waals surface area contributed by atoms with E-state index in [1.54, 1.807) is 11.3 Å². The molecule has 0 aliphatic carbocycles. The number of halogens is 1. The van der Waals surface area contributed by atoms with Gasteiger partial charge in [0.05, 0.1) is 6.04 Å². The van der Waals surface area contributed by atoms with Crippen LogP contribution >= 0.6 is 22.9 Å². The minimum atomic E-state index is -0.138. The molecule has 2 aromatic heterocycles. The van der Waals surface area contributed by atoms with Crippen LogP contribution in [0.4, 0.5) is 0 Å². The first kappa shape index (κ1) is 22.2. The fraction of sp³-hybridized carbons (Fsp3) is 0.296. The Labute approximate surface area is 203 Å². The van der Waals surface area contributed by atoms with Gasteiger partial charge in [-0.05, 0) is 84.1 Å². The van der Waals surface area contributed by atoms with Gasteiger partial charge in [0.1, 0.15) is 0 Å². The van der Waals surface area contributed by atoms with Gasteiger partial charge < -0.3 is 15.2 Å². The Hall–Kier alpha value is -2.60. The lowest BCUT2D eigenvalue weighted by Crippen LogP contribution is -2.42. The number of piperidine rings is 1. The van der Waals surface area contributed by atoms with Crippen LogP contribution in [-0.4, -0.2) is 35.4 Å². The zero-order chi connectivity index (χ0) is 22.6. The van der Waals surface area contributed by atoms with Crippen molar-refractivity contribution in [1.29, 1.82) is 0 Å². The topological polar surface area (TPSA) is 48.1 Å². The number of hydrogen-bond donors (Lipinski definition) is 2. The summed E-state index contributed by atoms with van der Waals surface area (Å²) in [5.41, 5.74) is 4.74. The molecule has 4 aromatic rings. The number of nitrogens with one attached hydrogen (secondary N) is 2. The van der Waals surface area contributed by atoms with E-state index >= 15 is 0 Å². The fourth-order valence-electron chi connectivity index (χ4n) is 4.75. The summed E-state index contributed by atoms with van der Waals surface area (Å²) in [6, 6.07) is 18.2. The fourth-order valence-corrected chi connectivity index (χ4v) is 5.56. The van der Waals surface area contributed by atoms with E-state index < -0.39 is 0 Å². The largest absolute Gasteiger partial charge is 0.361 e. The highest BCUT2D eigenvalue weighted by atomic mass is 35.5. The molecule has 1 unspecified atom stereocenters. The quantitative estimate of drug-likeness (QED) is 0.340. The molecule has 1 saturated heterocycles. The van der Waals surface area contributed by atoms with E-state index in [1.165, 1.54) is 16.5 Å². The van der Waals surface area contributed by atoms with Crippen molar-refractivity contribution >= 4 is 39.7 Å². The van der Waals surface area contributed by atoms with Crippen molar-refractivity contribution in [1.82, 2.24) is 15.2 Å². The maximum Gasteiger partial charge on any atom is 0.223 e. The molecule has 1 aliphatic heterocycles. The van der Waals surface area contributed by atoms with Crippen LogP contribution in [0, 0.1) is 5.92 Å². The van der Waals surface area contributed by atoms with Gasteiger partial charge in [0.25, 0.3) is 0 Å². The van der Waals surface area contributed by atoms with Crippen molar-refractivity contribution in [3.63, 3.8) is 0 Å². The molecule has 0 radical (unpaired) electrons. The lowest BCUT2D eigenvalue weighted by atomic mass is 9.94. The Morgan fingerprint density at radius 3 is 2.64 bits per heavy atom. The maximum absolute atomic E-state index is 13.2. The predicted octanol–water partition coefficient (Wildman–Crippen LogP) is 6.04. The van der Waals surface area contributed by atoms with E-state index in [0.29, 0.717) is 5.02 Å². The highest BCUT2D eigenvalue weighted by Crippen LogP contribution is 2.27. The third kappa shape index (κ3) is 5.16. The Morgan fingerprint density at radius 2 is 1.88 bits per heavy atom. The van der Waals surface area contributed by atoms with Crippen LogP contribution in [0.1, 0.15) is 35.6 Å². The average molecular weight is 478 g/mol. The van der Waals surface area contributed by atoms with Gasteiger partial charge in [-0.1, -0.05) is 41.9 Å². The second-order valence-electron chi connectivity index (χ2n) is 8.78. The van der Waals surface area contributed by atoms with Gasteiger partial charge in [-0.3, -0.25) is 4.79 Å². The Bertz CT molecular complexity index is 1190. The molecule has 4 nitrogen and oxygen atoms in total. The van der Waals surface area contributed by atoms with E-state index in [0.717, 1.165) is 50.0 Å². The maximum atomic E-state index is 13.2. The molecule has 5 rings (SSSR count). The zero-order valence-electron chi connectivity index (χ0n) is 18.5. The summed E-state index contributed by atoms with van der Waals surface area (Å²) < 4.78 is 0. The summed E-state index contributed by atoms with van der Waals surface area (Å²) in [7, 11) is 0. The third-order valence-electron chi connectivity index (χ3n) is 6.70. The smallest absolute Gasteiger partial charge is 0.223 e. The molecule has 2 aromatic carbocycles. The molecular weight excluding hydrogens is 450 g/mol. The van der Waals surface area contributed by atoms with Crippen LogP contribution < -0.4 is 5.32 Å². The van der Waals surface area contributed by atoms with Crippen LogP contribution in [0.5, 0.6) is 0 Å². The molecule has 1 aliphatic rings. The molecule has 1 amide bonds. The number of thiophene rings is 1. The molecule has 3 heterocycles. The molecule has 1 fully saturated rings.